The Bertz CT molecular complexity index is 354. The number of hydrogen-bond donors (Lipinski definition) is 0. The highest BCUT2D eigenvalue weighted by atomic mass is 16.6. The maximum absolute atomic E-state index is 5.74. The Morgan fingerprint density at radius 3 is 3.00 bits per heavy atom. The second kappa shape index (κ2) is 5.71. The van der Waals surface area contributed by atoms with Crippen molar-refractivity contribution in [2.75, 3.05) is 13.2 Å². The van der Waals surface area contributed by atoms with E-state index in [2.05, 4.69) is 24.3 Å². The Kier molecular flexibility index (Phi) is 4.00. The van der Waals surface area contributed by atoms with Crippen molar-refractivity contribution in [2.45, 2.75) is 25.9 Å². The number of ether oxygens (including phenoxy) is 2. The van der Waals surface area contributed by atoms with Gasteiger partial charge in [-0.3, -0.25) is 0 Å². The van der Waals surface area contributed by atoms with Crippen LogP contribution in [0.15, 0.2) is 36.4 Å². The maximum Gasteiger partial charge on any atom is 0.122 e. The van der Waals surface area contributed by atoms with Crippen LogP contribution >= 0.6 is 0 Å². The van der Waals surface area contributed by atoms with E-state index < -0.39 is 0 Å². The molecule has 0 aliphatic carbocycles. The maximum atomic E-state index is 5.74. The number of para-hydroxylation sites is 1. The molecule has 16 heavy (non-hydrogen) atoms. The van der Waals surface area contributed by atoms with Crippen LogP contribution in [-0.4, -0.2) is 19.3 Å². The van der Waals surface area contributed by atoms with E-state index in [9.17, 15) is 0 Å². The van der Waals surface area contributed by atoms with Crippen molar-refractivity contribution in [2.24, 2.45) is 0 Å². The summed E-state index contributed by atoms with van der Waals surface area (Å²) in [6.07, 6.45) is 6.69. The fourth-order valence-corrected chi connectivity index (χ4v) is 1.60. The highest BCUT2D eigenvalue weighted by Gasteiger charge is 2.23. The average molecular weight is 218 g/mol. The Balaban J connectivity index is 1.92. The van der Waals surface area contributed by atoms with Crippen molar-refractivity contribution < 1.29 is 9.47 Å². The molecule has 1 saturated heterocycles. The summed E-state index contributed by atoms with van der Waals surface area (Å²) in [5.41, 5.74) is 1.28. The second-order valence-electron chi connectivity index (χ2n) is 3.98. The van der Waals surface area contributed by atoms with Gasteiger partial charge in [-0.1, -0.05) is 30.4 Å². The third-order valence-electron chi connectivity index (χ3n) is 2.62. The fourth-order valence-electron chi connectivity index (χ4n) is 1.60. The molecule has 1 aromatic rings. The number of allylic oxidation sites excluding steroid dienone is 2. The summed E-state index contributed by atoms with van der Waals surface area (Å²) in [7, 11) is 0. The molecular formula is C14H18O2. The molecule has 0 amide bonds. The molecule has 86 valence electrons. The molecule has 1 aliphatic rings. The van der Waals surface area contributed by atoms with Gasteiger partial charge in [0.1, 0.15) is 18.5 Å². The lowest BCUT2D eigenvalue weighted by atomic mass is 10.1. The zero-order valence-corrected chi connectivity index (χ0v) is 9.69. The minimum Gasteiger partial charge on any atom is -0.491 e. The van der Waals surface area contributed by atoms with Crippen molar-refractivity contribution in [3.8, 4) is 5.75 Å². The molecule has 0 radical (unpaired) electrons. The molecule has 1 heterocycles. The number of benzene rings is 1. The van der Waals surface area contributed by atoms with Gasteiger partial charge in [0.15, 0.2) is 0 Å². The van der Waals surface area contributed by atoms with Crippen molar-refractivity contribution in [3.63, 3.8) is 0 Å². The zero-order valence-electron chi connectivity index (χ0n) is 9.69. The normalized spacial score (nSPS) is 18.9. The molecule has 0 spiro atoms. The first-order chi connectivity index (χ1) is 7.90. The van der Waals surface area contributed by atoms with Crippen LogP contribution < -0.4 is 4.74 Å². The van der Waals surface area contributed by atoms with E-state index in [1.807, 2.05) is 19.1 Å². The second-order valence-corrected chi connectivity index (χ2v) is 3.98. The Morgan fingerprint density at radius 2 is 2.25 bits per heavy atom. The molecule has 0 saturated carbocycles. The van der Waals surface area contributed by atoms with E-state index >= 15 is 0 Å². The van der Waals surface area contributed by atoms with Gasteiger partial charge in [0, 0.05) is 0 Å². The SMILES string of the molecule is C/C=C/CCc1ccccc1OCC1CO1. The van der Waals surface area contributed by atoms with Gasteiger partial charge >= 0.3 is 0 Å². The van der Waals surface area contributed by atoms with Gasteiger partial charge < -0.3 is 9.47 Å². The molecule has 1 atom stereocenters. The largest absolute Gasteiger partial charge is 0.491 e. The molecule has 2 nitrogen and oxygen atoms in total. The summed E-state index contributed by atoms with van der Waals surface area (Å²) in [6.45, 7) is 3.58. The van der Waals surface area contributed by atoms with E-state index in [0.717, 1.165) is 25.2 Å². The van der Waals surface area contributed by atoms with Gasteiger partial charge in [0.25, 0.3) is 0 Å². The molecule has 1 unspecified atom stereocenters. The molecule has 2 heteroatoms. The standard InChI is InChI=1S/C14H18O2/c1-2-3-4-7-12-8-5-6-9-14(12)16-11-13-10-15-13/h2-3,5-6,8-9,13H,4,7,10-11H2,1H3/b3-2+. The van der Waals surface area contributed by atoms with E-state index in [-0.39, 0.29) is 0 Å². The Morgan fingerprint density at radius 1 is 1.44 bits per heavy atom. The van der Waals surface area contributed by atoms with E-state index in [4.69, 9.17) is 9.47 Å². The third kappa shape index (κ3) is 3.38. The Hall–Kier alpha value is -1.28. The predicted molar refractivity (Wildman–Crippen MR) is 64.8 cm³/mol. The van der Waals surface area contributed by atoms with Gasteiger partial charge in [0.2, 0.25) is 0 Å². The summed E-state index contributed by atoms with van der Waals surface area (Å²) >= 11 is 0. The van der Waals surface area contributed by atoms with Crippen molar-refractivity contribution in [1.29, 1.82) is 0 Å². The van der Waals surface area contributed by atoms with Crippen LogP contribution in [-0.2, 0) is 11.2 Å². The van der Waals surface area contributed by atoms with Crippen molar-refractivity contribution >= 4 is 0 Å². The van der Waals surface area contributed by atoms with Gasteiger partial charge in [0.05, 0.1) is 6.61 Å². The number of aryl methyl sites for hydroxylation is 1. The third-order valence-corrected chi connectivity index (χ3v) is 2.62. The summed E-state index contributed by atoms with van der Waals surface area (Å²) < 4.78 is 10.9. The number of rotatable bonds is 6. The van der Waals surface area contributed by atoms with Gasteiger partial charge in [-0.15, -0.1) is 0 Å². The summed E-state index contributed by atoms with van der Waals surface area (Å²) in [6, 6.07) is 8.24. The molecule has 1 fully saturated rings. The smallest absolute Gasteiger partial charge is 0.122 e. The highest BCUT2D eigenvalue weighted by molar-refractivity contribution is 5.33. The average Bonchev–Trinajstić information content (AvgIpc) is 3.12. The zero-order chi connectivity index (χ0) is 11.2. The topological polar surface area (TPSA) is 21.8 Å². The minimum atomic E-state index is 0.323. The first-order valence-corrected chi connectivity index (χ1v) is 5.83. The Labute approximate surface area is 96.9 Å². The fraction of sp³-hybridized carbons (Fsp3) is 0.429. The summed E-state index contributed by atoms with van der Waals surface area (Å²) in [4.78, 5) is 0. The first-order valence-electron chi connectivity index (χ1n) is 5.83. The van der Waals surface area contributed by atoms with Crippen molar-refractivity contribution in [1.82, 2.24) is 0 Å². The van der Waals surface area contributed by atoms with Crippen LogP contribution in [0.3, 0.4) is 0 Å². The predicted octanol–water partition coefficient (Wildman–Crippen LogP) is 2.97. The molecule has 2 rings (SSSR count). The van der Waals surface area contributed by atoms with Gasteiger partial charge in [-0.25, -0.2) is 0 Å². The van der Waals surface area contributed by atoms with Gasteiger partial charge in [-0.05, 0) is 31.4 Å². The molecule has 0 N–H and O–H groups in total. The highest BCUT2D eigenvalue weighted by Crippen LogP contribution is 2.21. The van der Waals surface area contributed by atoms with Crippen LogP contribution in [0.1, 0.15) is 18.9 Å². The quantitative estimate of drug-likeness (QED) is 0.541. The van der Waals surface area contributed by atoms with Crippen LogP contribution in [0.5, 0.6) is 5.75 Å². The first kappa shape index (κ1) is 11.2. The van der Waals surface area contributed by atoms with Crippen LogP contribution in [0.25, 0.3) is 0 Å². The van der Waals surface area contributed by atoms with E-state index in [0.29, 0.717) is 12.7 Å². The summed E-state index contributed by atoms with van der Waals surface area (Å²) in [5.74, 6) is 1.00. The van der Waals surface area contributed by atoms with Crippen LogP contribution in [0, 0.1) is 0 Å². The lowest BCUT2D eigenvalue weighted by Crippen LogP contribution is -2.05. The monoisotopic (exact) mass is 218 g/mol. The molecule has 0 aromatic heterocycles. The summed E-state index contributed by atoms with van der Waals surface area (Å²) in [5, 5.41) is 0. The van der Waals surface area contributed by atoms with Crippen LogP contribution in [0.4, 0.5) is 0 Å². The lowest BCUT2D eigenvalue weighted by molar-refractivity contribution is 0.261. The minimum absolute atomic E-state index is 0.323. The lowest BCUT2D eigenvalue weighted by Gasteiger charge is -2.09. The molecule has 1 aliphatic heterocycles. The van der Waals surface area contributed by atoms with E-state index in [1.54, 1.807) is 0 Å². The number of hydrogen-bond acceptors (Lipinski definition) is 2. The van der Waals surface area contributed by atoms with Crippen molar-refractivity contribution in [3.05, 3.63) is 42.0 Å². The molecule has 1 aromatic carbocycles. The number of epoxide rings is 1. The molecule has 0 bridgehead atoms. The van der Waals surface area contributed by atoms with Gasteiger partial charge in [-0.2, -0.15) is 0 Å². The van der Waals surface area contributed by atoms with E-state index in [1.165, 1.54) is 5.56 Å². The van der Waals surface area contributed by atoms with Crippen LogP contribution in [0.2, 0.25) is 0 Å². The molecular weight excluding hydrogens is 200 g/mol.